The van der Waals surface area contributed by atoms with Crippen LogP contribution in [0.5, 0.6) is 11.5 Å². The van der Waals surface area contributed by atoms with Gasteiger partial charge in [0.15, 0.2) is 0 Å². The lowest BCUT2D eigenvalue weighted by molar-refractivity contribution is -0.146. The Morgan fingerprint density at radius 1 is 1.14 bits per heavy atom. The zero-order chi connectivity index (χ0) is 16.0. The van der Waals surface area contributed by atoms with Crippen molar-refractivity contribution in [1.82, 2.24) is 5.32 Å². The van der Waals surface area contributed by atoms with Crippen molar-refractivity contribution in [3.8, 4) is 11.5 Å². The molecule has 0 radical (unpaired) electrons. The van der Waals surface area contributed by atoms with Gasteiger partial charge in [-0.2, -0.15) is 0 Å². The van der Waals surface area contributed by atoms with Crippen molar-refractivity contribution in [3.63, 3.8) is 0 Å². The first-order valence-electron chi connectivity index (χ1n) is 6.30. The second-order valence-electron chi connectivity index (χ2n) is 5.10. The minimum Gasteiger partial charge on any atom is -0.497 e. The van der Waals surface area contributed by atoms with Crippen LogP contribution < -0.4 is 20.1 Å². The van der Waals surface area contributed by atoms with E-state index >= 15 is 0 Å². The first-order chi connectivity index (χ1) is 9.78. The van der Waals surface area contributed by atoms with Crippen molar-refractivity contribution in [2.45, 2.75) is 13.8 Å². The summed E-state index contributed by atoms with van der Waals surface area (Å²) in [7, 11) is 3.02. The molecule has 1 rings (SSSR count). The van der Waals surface area contributed by atoms with Crippen LogP contribution in [-0.2, 0) is 4.79 Å². The van der Waals surface area contributed by atoms with Gasteiger partial charge in [-0.05, 0) is 13.8 Å². The molecule has 1 aromatic carbocycles. The van der Waals surface area contributed by atoms with E-state index in [-0.39, 0.29) is 6.54 Å². The first-order valence-corrected chi connectivity index (χ1v) is 6.30. The van der Waals surface area contributed by atoms with E-state index in [2.05, 4.69) is 10.6 Å². The van der Waals surface area contributed by atoms with Crippen LogP contribution in [0.3, 0.4) is 0 Å². The lowest BCUT2D eigenvalue weighted by atomic mass is 9.94. The third-order valence-electron chi connectivity index (χ3n) is 2.88. The number of ether oxygens (including phenoxy) is 2. The van der Waals surface area contributed by atoms with E-state index < -0.39 is 17.4 Å². The minimum atomic E-state index is -1.04. The van der Waals surface area contributed by atoms with Gasteiger partial charge in [0.25, 0.3) is 0 Å². The Morgan fingerprint density at radius 3 is 2.10 bits per heavy atom. The standard InChI is InChI=1S/C14H20N2O5/c1-14(2,12(17)18)8-15-13(19)16-9-5-10(20-3)7-11(6-9)21-4/h5-7H,8H2,1-4H3,(H,17,18)(H2,15,16,19). The lowest BCUT2D eigenvalue weighted by Crippen LogP contribution is -2.40. The molecule has 116 valence electrons. The van der Waals surface area contributed by atoms with Crippen molar-refractivity contribution in [3.05, 3.63) is 18.2 Å². The summed E-state index contributed by atoms with van der Waals surface area (Å²) < 4.78 is 10.2. The van der Waals surface area contributed by atoms with Gasteiger partial charge in [-0.3, -0.25) is 4.79 Å². The highest BCUT2D eigenvalue weighted by Gasteiger charge is 2.27. The second kappa shape index (κ2) is 6.83. The number of amides is 2. The highest BCUT2D eigenvalue weighted by atomic mass is 16.5. The quantitative estimate of drug-likeness (QED) is 0.745. The third kappa shape index (κ3) is 4.87. The Balaban J connectivity index is 2.69. The molecular weight excluding hydrogens is 276 g/mol. The van der Waals surface area contributed by atoms with Gasteiger partial charge < -0.3 is 25.2 Å². The van der Waals surface area contributed by atoms with Crippen molar-refractivity contribution >= 4 is 17.7 Å². The van der Waals surface area contributed by atoms with Crippen LogP contribution in [0.15, 0.2) is 18.2 Å². The highest BCUT2D eigenvalue weighted by molar-refractivity contribution is 5.90. The summed E-state index contributed by atoms with van der Waals surface area (Å²) in [4.78, 5) is 22.7. The molecule has 0 aliphatic heterocycles. The predicted molar refractivity (Wildman–Crippen MR) is 78.0 cm³/mol. The fourth-order valence-corrected chi connectivity index (χ4v) is 1.43. The van der Waals surface area contributed by atoms with Gasteiger partial charge in [0.2, 0.25) is 0 Å². The van der Waals surface area contributed by atoms with Crippen LogP contribution in [0.4, 0.5) is 10.5 Å². The molecule has 0 spiro atoms. The average molecular weight is 296 g/mol. The number of rotatable bonds is 6. The van der Waals surface area contributed by atoms with Gasteiger partial charge in [-0.25, -0.2) is 4.79 Å². The van der Waals surface area contributed by atoms with Crippen LogP contribution in [0.2, 0.25) is 0 Å². The molecule has 0 fully saturated rings. The second-order valence-corrected chi connectivity index (χ2v) is 5.10. The Morgan fingerprint density at radius 2 is 1.67 bits per heavy atom. The molecule has 0 atom stereocenters. The monoisotopic (exact) mass is 296 g/mol. The van der Waals surface area contributed by atoms with Crippen LogP contribution in [0.1, 0.15) is 13.8 Å². The fourth-order valence-electron chi connectivity index (χ4n) is 1.43. The molecule has 7 nitrogen and oxygen atoms in total. The van der Waals surface area contributed by atoms with Gasteiger partial charge in [-0.1, -0.05) is 0 Å². The maximum absolute atomic E-state index is 11.8. The number of carboxylic acids is 1. The number of carboxylic acid groups (broad SMARTS) is 1. The van der Waals surface area contributed by atoms with E-state index in [1.165, 1.54) is 28.1 Å². The van der Waals surface area contributed by atoms with E-state index in [4.69, 9.17) is 14.6 Å². The van der Waals surface area contributed by atoms with Crippen molar-refractivity contribution < 1.29 is 24.2 Å². The van der Waals surface area contributed by atoms with E-state index in [1.54, 1.807) is 18.2 Å². The maximum Gasteiger partial charge on any atom is 0.319 e. The van der Waals surface area contributed by atoms with Crippen LogP contribution in [0, 0.1) is 5.41 Å². The molecule has 0 aliphatic rings. The third-order valence-corrected chi connectivity index (χ3v) is 2.88. The van der Waals surface area contributed by atoms with Gasteiger partial charge in [-0.15, -0.1) is 0 Å². The number of anilines is 1. The first kappa shape index (κ1) is 16.6. The van der Waals surface area contributed by atoms with Crippen molar-refractivity contribution in [1.29, 1.82) is 0 Å². The summed E-state index contributed by atoms with van der Waals surface area (Å²) in [5.41, 5.74) is -0.555. The summed E-state index contributed by atoms with van der Waals surface area (Å²) in [6, 6.07) is 4.44. The molecule has 21 heavy (non-hydrogen) atoms. The number of nitrogens with one attached hydrogen (secondary N) is 2. The SMILES string of the molecule is COc1cc(NC(=O)NCC(C)(C)C(=O)O)cc(OC)c1. The van der Waals surface area contributed by atoms with Gasteiger partial charge in [0, 0.05) is 30.4 Å². The Bertz CT molecular complexity index is 506. The molecule has 0 aromatic heterocycles. The van der Waals surface area contributed by atoms with E-state index in [9.17, 15) is 9.59 Å². The Labute approximate surface area is 123 Å². The van der Waals surface area contributed by atoms with E-state index in [0.29, 0.717) is 17.2 Å². The smallest absolute Gasteiger partial charge is 0.319 e. The van der Waals surface area contributed by atoms with Gasteiger partial charge in [0.05, 0.1) is 19.6 Å². The topological polar surface area (TPSA) is 96.9 Å². The van der Waals surface area contributed by atoms with Crippen molar-refractivity contribution in [2.75, 3.05) is 26.1 Å². The number of carbonyl (C=O) groups is 2. The van der Waals surface area contributed by atoms with Gasteiger partial charge in [0.1, 0.15) is 11.5 Å². The molecule has 0 bridgehead atoms. The summed E-state index contributed by atoms with van der Waals surface area (Å²) in [5, 5.41) is 14.1. The van der Waals surface area contributed by atoms with Gasteiger partial charge >= 0.3 is 12.0 Å². The lowest BCUT2D eigenvalue weighted by Gasteiger charge is -2.19. The number of methoxy groups -OCH3 is 2. The largest absolute Gasteiger partial charge is 0.497 e. The number of urea groups is 1. The minimum absolute atomic E-state index is 0.00920. The average Bonchev–Trinajstić information content (AvgIpc) is 2.44. The van der Waals surface area contributed by atoms with Crippen molar-refractivity contribution in [2.24, 2.45) is 5.41 Å². The summed E-state index contributed by atoms with van der Waals surface area (Å²) in [6.45, 7) is 3.07. The number of hydrogen-bond donors (Lipinski definition) is 3. The summed E-state index contributed by atoms with van der Waals surface area (Å²) >= 11 is 0. The molecular formula is C14H20N2O5. The van der Waals surface area contributed by atoms with Crippen LogP contribution in [0.25, 0.3) is 0 Å². The molecule has 1 aromatic rings. The number of hydrogen-bond acceptors (Lipinski definition) is 4. The Hall–Kier alpha value is -2.44. The molecule has 0 aliphatic carbocycles. The molecule has 0 unspecified atom stereocenters. The van der Waals surface area contributed by atoms with E-state index in [1.807, 2.05) is 0 Å². The van der Waals surface area contributed by atoms with E-state index in [0.717, 1.165) is 0 Å². The molecule has 7 heteroatoms. The zero-order valence-corrected chi connectivity index (χ0v) is 12.5. The summed E-state index contributed by atoms with van der Waals surface area (Å²) in [5.74, 6) is 0.0943. The molecule has 3 N–H and O–H groups in total. The predicted octanol–water partition coefficient (Wildman–Crippen LogP) is 1.94. The molecule has 2 amide bonds. The Kier molecular flexibility index (Phi) is 5.40. The summed E-state index contributed by atoms with van der Waals surface area (Å²) in [6.07, 6.45) is 0. The normalized spacial score (nSPS) is 10.7. The molecule has 0 heterocycles. The fraction of sp³-hybridized carbons (Fsp3) is 0.429. The molecule has 0 saturated carbocycles. The maximum atomic E-state index is 11.8. The zero-order valence-electron chi connectivity index (χ0n) is 12.5. The number of aliphatic carboxylic acids is 1. The molecule has 0 saturated heterocycles. The number of benzene rings is 1. The highest BCUT2D eigenvalue weighted by Crippen LogP contribution is 2.25. The van der Waals surface area contributed by atoms with Crippen LogP contribution >= 0.6 is 0 Å². The number of carbonyl (C=O) groups excluding carboxylic acids is 1. The van der Waals surface area contributed by atoms with Crippen LogP contribution in [-0.4, -0.2) is 37.9 Å².